The van der Waals surface area contributed by atoms with E-state index in [0.29, 0.717) is 19.6 Å². The molecule has 2 aliphatic rings. The molecule has 0 saturated carbocycles. The fourth-order valence-electron chi connectivity index (χ4n) is 5.32. The molecule has 3 rings (SSSR count). The second-order valence-electron chi connectivity index (χ2n) is 10.8. The average molecular weight is 536 g/mol. The molecule has 0 spiro atoms. The van der Waals surface area contributed by atoms with E-state index in [2.05, 4.69) is 28.9 Å². The van der Waals surface area contributed by atoms with Crippen molar-refractivity contribution in [3.63, 3.8) is 0 Å². The molecule has 2 aliphatic heterocycles. The Kier molecular flexibility index (Phi) is 10.4. The van der Waals surface area contributed by atoms with Crippen molar-refractivity contribution in [3.8, 4) is 5.75 Å². The number of esters is 1. The molecule has 212 valence electrons. The van der Waals surface area contributed by atoms with Crippen molar-refractivity contribution in [1.29, 1.82) is 0 Å². The fourth-order valence-corrected chi connectivity index (χ4v) is 5.32. The van der Waals surface area contributed by atoms with Crippen LogP contribution in [0.2, 0.25) is 0 Å². The number of aliphatic hydroxyl groups is 1. The third kappa shape index (κ3) is 7.29. The highest BCUT2D eigenvalue weighted by Gasteiger charge is 2.45. The molecule has 3 atom stereocenters. The summed E-state index contributed by atoms with van der Waals surface area (Å²) in [6.07, 6.45) is 15.3. The molecule has 0 amide bonds. The molecule has 39 heavy (non-hydrogen) atoms. The number of benzene rings is 1. The summed E-state index contributed by atoms with van der Waals surface area (Å²) in [6, 6.07) is 5.59. The zero-order valence-electron chi connectivity index (χ0n) is 24.1. The number of methoxy groups -OCH3 is 1. The number of nitrogens with one attached hydrogen (secondary N) is 1. The van der Waals surface area contributed by atoms with Crippen molar-refractivity contribution in [2.24, 2.45) is 11.7 Å². The van der Waals surface area contributed by atoms with Crippen LogP contribution >= 0.6 is 0 Å². The van der Waals surface area contributed by atoms with Gasteiger partial charge in [0, 0.05) is 42.9 Å². The lowest BCUT2D eigenvalue weighted by Crippen LogP contribution is -2.54. The van der Waals surface area contributed by atoms with Crippen molar-refractivity contribution in [1.82, 2.24) is 10.2 Å². The van der Waals surface area contributed by atoms with Crippen molar-refractivity contribution in [2.45, 2.75) is 57.7 Å². The SMILES string of the molecule is C=C/C=C\C1/C(=C\CCN2CCC(NC(/C=C\C)=C/C)(C(=O)OC)C2)c2cc(C(C)(C)O)ccc2OCC1N. The van der Waals surface area contributed by atoms with Crippen LogP contribution in [0.1, 0.15) is 51.7 Å². The van der Waals surface area contributed by atoms with Crippen molar-refractivity contribution in [3.05, 3.63) is 84.1 Å². The molecule has 1 fully saturated rings. The number of fused-ring (bicyclic) bond motifs is 1. The van der Waals surface area contributed by atoms with E-state index in [1.54, 1.807) is 19.9 Å². The summed E-state index contributed by atoms with van der Waals surface area (Å²) < 4.78 is 11.3. The molecular weight excluding hydrogens is 490 g/mol. The lowest BCUT2D eigenvalue weighted by atomic mass is 9.84. The van der Waals surface area contributed by atoms with Crippen LogP contribution in [0.25, 0.3) is 5.57 Å². The molecule has 2 heterocycles. The number of carbonyl (C=O) groups is 1. The van der Waals surface area contributed by atoms with Gasteiger partial charge in [0.15, 0.2) is 0 Å². The van der Waals surface area contributed by atoms with Gasteiger partial charge in [-0.1, -0.05) is 49.1 Å². The Morgan fingerprint density at radius 1 is 1.38 bits per heavy atom. The van der Waals surface area contributed by atoms with Gasteiger partial charge in [-0.3, -0.25) is 4.90 Å². The summed E-state index contributed by atoms with van der Waals surface area (Å²) in [6.45, 7) is 13.8. The Bertz CT molecular complexity index is 1140. The quantitative estimate of drug-likeness (QED) is 0.301. The highest BCUT2D eigenvalue weighted by Crippen LogP contribution is 2.39. The predicted octanol–water partition coefficient (Wildman–Crippen LogP) is 4.45. The highest BCUT2D eigenvalue weighted by atomic mass is 16.5. The van der Waals surface area contributed by atoms with Gasteiger partial charge < -0.3 is 25.6 Å². The summed E-state index contributed by atoms with van der Waals surface area (Å²) in [7, 11) is 1.44. The molecule has 0 bridgehead atoms. The zero-order valence-corrected chi connectivity index (χ0v) is 24.1. The molecule has 4 N–H and O–H groups in total. The summed E-state index contributed by atoms with van der Waals surface area (Å²) >= 11 is 0. The fraction of sp³-hybridized carbons (Fsp3) is 0.469. The Labute approximate surface area is 233 Å². The van der Waals surface area contributed by atoms with Crippen LogP contribution in [0.4, 0.5) is 0 Å². The van der Waals surface area contributed by atoms with Crippen LogP contribution in [-0.2, 0) is 15.1 Å². The number of likely N-dealkylation sites (tertiary alicyclic amines) is 1. The van der Waals surface area contributed by atoms with Gasteiger partial charge in [-0.25, -0.2) is 4.79 Å². The first kappa shape index (κ1) is 30.4. The minimum absolute atomic E-state index is 0.0752. The molecule has 0 aromatic heterocycles. The molecule has 0 aliphatic carbocycles. The molecular formula is C32H45N3O4. The smallest absolute Gasteiger partial charge is 0.332 e. The van der Waals surface area contributed by atoms with Crippen LogP contribution < -0.4 is 15.8 Å². The Morgan fingerprint density at radius 3 is 2.79 bits per heavy atom. The molecule has 0 radical (unpaired) electrons. The molecule has 3 unspecified atom stereocenters. The molecule has 1 aromatic carbocycles. The van der Waals surface area contributed by atoms with E-state index < -0.39 is 11.1 Å². The van der Waals surface area contributed by atoms with E-state index in [4.69, 9.17) is 15.2 Å². The van der Waals surface area contributed by atoms with Gasteiger partial charge in [0.1, 0.15) is 17.9 Å². The van der Waals surface area contributed by atoms with Gasteiger partial charge in [0.25, 0.3) is 0 Å². The largest absolute Gasteiger partial charge is 0.491 e. The maximum atomic E-state index is 12.9. The predicted molar refractivity (Wildman–Crippen MR) is 158 cm³/mol. The number of hydrogen-bond acceptors (Lipinski definition) is 7. The number of hydrogen-bond donors (Lipinski definition) is 3. The third-order valence-corrected chi connectivity index (χ3v) is 7.48. The molecule has 7 heteroatoms. The average Bonchev–Trinajstić information content (AvgIpc) is 3.27. The third-order valence-electron chi connectivity index (χ3n) is 7.48. The van der Waals surface area contributed by atoms with Gasteiger partial charge in [-0.15, -0.1) is 0 Å². The topological polar surface area (TPSA) is 97.1 Å². The maximum absolute atomic E-state index is 12.9. The number of carbonyl (C=O) groups excluding carboxylic acids is 1. The normalized spacial score (nSPS) is 25.5. The Hall–Kier alpha value is -3.13. The lowest BCUT2D eigenvalue weighted by molar-refractivity contribution is -0.147. The standard InChI is InChI=1S/C32H45N3O4/c1-7-10-13-26-25(27-20-23(31(4,5)37)15-16-29(27)39-21-28(26)33)14-11-18-35-19-17-32(22-35,30(36)38-6)34-24(9-3)12-8-2/h7-10,12-16,20,26,28,34,37H,1,11,17-19,21-22,33H2,2-6H3/b12-8-,13-10-,24-9+,25-14+. The monoisotopic (exact) mass is 535 g/mol. The Balaban J connectivity index is 1.89. The molecule has 7 nitrogen and oxygen atoms in total. The first-order valence-corrected chi connectivity index (χ1v) is 13.7. The van der Waals surface area contributed by atoms with Crippen molar-refractivity contribution < 1.29 is 19.4 Å². The minimum atomic E-state index is -0.987. The van der Waals surface area contributed by atoms with Crippen LogP contribution in [0.5, 0.6) is 5.75 Å². The minimum Gasteiger partial charge on any atom is -0.491 e. The van der Waals surface area contributed by atoms with Gasteiger partial charge in [-0.05, 0) is 69.9 Å². The maximum Gasteiger partial charge on any atom is 0.332 e. The number of nitrogens with two attached hydrogens (primary N) is 1. The van der Waals surface area contributed by atoms with Gasteiger partial charge in [-0.2, -0.15) is 0 Å². The van der Waals surface area contributed by atoms with E-state index in [0.717, 1.165) is 47.7 Å². The van der Waals surface area contributed by atoms with Crippen molar-refractivity contribution in [2.75, 3.05) is 33.4 Å². The van der Waals surface area contributed by atoms with Gasteiger partial charge >= 0.3 is 5.97 Å². The number of nitrogens with zero attached hydrogens (tertiary/aromatic N) is 1. The van der Waals surface area contributed by atoms with E-state index in [9.17, 15) is 9.90 Å². The number of allylic oxidation sites excluding steroid dienone is 5. The number of ether oxygens (including phenoxy) is 2. The van der Waals surface area contributed by atoms with Crippen LogP contribution in [0, 0.1) is 5.92 Å². The number of rotatable bonds is 10. The lowest BCUT2D eigenvalue weighted by Gasteiger charge is -2.29. The van der Waals surface area contributed by atoms with Crippen LogP contribution in [0.15, 0.2) is 73.0 Å². The van der Waals surface area contributed by atoms with E-state index >= 15 is 0 Å². The Morgan fingerprint density at radius 2 is 2.15 bits per heavy atom. The second-order valence-corrected chi connectivity index (χ2v) is 10.8. The first-order valence-electron chi connectivity index (χ1n) is 13.7. The van der Waals surface area contributed by atoms with Crippen molar-refractivity contribution >= 4 is 11.5 Å². The molecule has 1 aromatic rings. The van der Waals surface area contributed by atoms with E-state index in [1.165, 1.54) is 7.11 Å². The van der Waals surface area contributed by atoms with Gasteiger partial charge in [0.05, 0.1) is 12.7 Å². The summed E-state index contributed by atoms with van der Waals surface area (Å²) in [5.41, 5.74) is 8.54. The molecule has 1 saturated heterocycles. The van der Waals surface area contributed by atoms with E-state index in [-0.39, 0.29) is 17.9 Å². The second kappa shape index (κ2) is 13.3. The summed E-state index contributed by atoms with van der Waals surface area (Å²) in [5.74, 6) is 0.438. The van der Waals surface area contributed by atoms with E-state index in [1.807, 2.05) is 56.4 Å². The van der Waals surface area contributed by atoms with Crippen LogP contribution in [0.3, 0.4) is 0 Å². The summed E-state index contributed by atoms with van der Waals surface area (Å²) in [4.78, 5) is 15.2. The van der Waals surface area contributed by atoms with Gasteiger partial charge in [0.2, 0.25) is 0 Å². The summed E-state index contributed by atoms with van der Waals surface area (Å²) in [5, 5.41) is 14.1. The van der Waals surface area contributed by atoms with Crippen LogP contribution in [-0.4, -0.2) is 60.9 Å². The highest BCUT2D eigenvalue weighted by molar-refractivity contribution is 5.82. The zero-order chi connectivity index (χ0) is 28.6. The first-order chi connectivity index (χ1) is 18.6.